The Kier molecular flexibility index (Phi) is 5.12. The maximum absolute atomic E-state index is 12.9. The van der Waals surface area contributed by atoms with Crippen LogP contribution in [0.25, 0.3) is 0 Å². The summed E-state index contributed by atoms with van der Waals surface area (Å²) in [5.41, 5.74) is 0.424. The van der Waals surface area contributed by atoms with E-state index in [1.807, 2.05) is 0 Å². The van der Waals surface area contributed by atoms with E-state index in [-0.39, 0.29) is 16.5 Å². The molecule has 0 saturated carbocycles. The summed E-state index contributed by atoms with van der Waals surface area (Å²) in [6, 6.07) is 6.50. The molecule has 0 saturated heterocycles. The number of aliphatic hydroxyl groups is 1. The molecular formula is C14H14ClFN2O3S. The third kappa shape index (κ3) is 3.80. The number of pyridine rings is 1. The summed E-state index contributed by atoms with van der Waals surface area (Å²) in [5, 5.41) is 10.3. The Balaban J connectivity index is 2.17. The van der Waals surface area contributed by atoms with Gasteiger partial charge in [0.05, 0.1) is 11.1 Å². The number of aliphatic hydroxyl groups excluding tert-OH is 1. The zero-order chi connectivity index (χ0) is 16.3. The summed E-state index contributed by atoms with van der Waals surface area (Å²) >= 11 is 5.74. The molecule has 2 rings (SSSR count). The SMILES string of the molecule is CN(CC(O)c1ccc(F)cc1)S(=O)(=O)c1cncc(Cl)c1. The number of sulfonamides is 1. The maximum Gasteiger partial charge on any atom is 0.244 e. The van der Waals surface area contributed by atoms with Crippen LogP contribution in [0.15, 0.2) is 47.6 Å². The van der Waals surface area contributed by atoms with Gasteiger partial charge in [-0.15, -0.1) is 0 Å². The highest BCUT2D eigenvalue weighted by Gasteiger charge is 2.24. The van der Waals surface area contributed by atoms with Gasteiger partial charge in [-0.2, -0.15) is 4.31 Å². The van der Waals surface area contributed by atoms with Gasteiger partial charge in [0, 0.05) is 26.0 Å². The molecule has 0 aliphatic rings. The van der Waals surface area contributed by atoms with E-state index < -0.39 is 21.9 Å². The average molecular weight is 345 g/mol. The van der Waals surface area contributed by atoms with Crippen molar-refractivity contribution in [1.82, 2.24) is 9.29 Å². The molecule has 1 aromatic carbocycles. The maximum atomic E-state index is 12.9. The van der Waals surface area contributed by atoms with Crippen LogP contribution >= 0.6 is 11.6 Å². The normalized spacial score (nSPS) is 13.3. The number of likely N-dealkylation sites (N-methyl/N-ethyl adjacent to an activating group) is 1. The molecule has 118 valence electrons. The number of benzene rings is 1. The van der Waals surface area contributed by atoms with E-state index in [9.17, 15) is 17.9 Å². The molecule has 22 heavy (non-hydrogen) atoms. The highest BCUT2D eigenvalue weighted by Crippen LogP contribution is 2.21. The molecule has 0 fully saturated rings. The molecule has 1 aromatic heterocycles. The molecule has 0 amide bonds. The standard InChI is InChI=1S/C14H14ClFN2O3S/c1-18(9-14(19)10-2-4-12(16)5-3-10)22(20,21)13-6-11(15)7-17-8-13/h2-8,14,19H,9H2,1H3. The number of nitrogens with zero attached hydrogens (tertiary/aromatic N) is 2. The molecule has 0 aliphatic heterocycles. The second kappa shape index (κ2) is 6.70. The minimum atomic E-state index is -3.82. The molecule has 1 unspecified atom stereocenters. The van der Waals surface area contributed by atoms with Crippen LogP contribution in [0.5, 0.6) is 0 Å². The minimum absolute atomic E-state index is 0.0613. The molecule has 8 heteroatoms. The molecule has 1 heterocycles. The van der Waals surface area contributed by atoms with Gasteiger partial charge in [0.15, 0.2) is 0 Å². The lowest BCUT2D eigenvalue weighted by molar-refractivity contribution is 0.155. The fourth-order valence-electron chi connectivity index (χ4n) is 1.85. The van der Waals surface area contributed by atoms with E-state index in [1.165, 1.54) is 49.8 Å². The molecule has 2 aromatic rings. The van der Waals surface area contributed by atoms with Crippen LogP contribution < -0.4 is 0 Å². The summed E-state index contributed by atoms with van der Waals surface area (Å²) in [5.74, 6) is -0.429. The van der Waals surface area contributed by atoms with Crippen molar-refractivity contribution >= 4 is 21.6 Å². The predicted octanol–water partition coefficient (Wildman–Crippen LogP) is 2.23. The summed E-state index contributed by atoms with van der Waals surface area (Å²) in [6.45, 7) is -0.180. The van der Waals surface area contributed by atoms with Gasteiger partial charge in [-0.1, -0.05) is 23.7 Å². The van der Waals surface area contributed by atoms with Crippen LogP contribution in [0.3, 0.4) is 0 Å². The number of rotatable bonds is 5. The zero-order valence-electron chi connectivity index (χ0n) is 11.6. The van der Waals surface area contributed by atoms with Crippen LogP contribution in [0.2, 0.25) is 5.02 Å². The van der Waals surface area contributed by atoms with Gasteiger partial charge >= 0.3 is 0 Å². The number of aromatic nitrogens is 1. The second-order valence-electron chi connectivity index (χ2n) is 4.69. The Morgan fingerprint density at radius 1 is 1.32 bits per heavy atom. The average Bonchev–Trinajstić information content (AvgIpc) is 2.47. The van der Waals surface area contributed by atoms with E-state index >= 15 is 0 Å². The van der Waals surface area contributed by atoms with Crippen molar-refractivity contribution in [2.45, 2.75) is 11.0 Å². The van der Waals surface area contributed by atoms with Crippen LogP contribution in [0.4, 0.5) is 4.39 Å². The zero-order valence-corrected chi connectivity index (χ0v) is 13.2. The van der Waals surface area contributed by atoms with Crippen LogP contribution in [-0.4, -0.2) is 36.4 Å². The smallest absolute Gasteiger partial charge is 0.244 e. The Bertz CT molecular complexity index is 753. The lowest BCUT2D eigenvalue weighted by atomic mass is 10.1. The first-order valence-electron chi connectivity index (χ1n) is 6.31. The van der Waals surface area contributed by atoms with Crippen LogP contribution in [0.1, 0.15) is 11.7 Å². The van der Waals surface area contributed by atoms with E-state index in [0.717, 1.165) is 4.31 Å². The molecule has 0 bridgehead atoms. The van der Waals surface area contributed by atoms with E-state index in [0.29, 0.717) is 5.56 Å². The van der Waals surface area contributed by atoms with Crippen molar-refractivity contribution in [2.75, 3.05) is 13.6 Å². The van der Waals surface area contributed by atoms with Gasteiger partial charge in [0.1, 0.15) is 10.7 Å². The first-order valence-corrected chi connectivity index (χ1v) is 8.13. The molecule has 5 nitrogen and oxygen atoms in total. The summed E-state index contributed by atoms with van der Waals surface area (Å²) in [6.07, 6.45) is 1.43. The lowest BCUT2D eigenvalue weighted by Crippen LogP contribution is -2.31. The van der Waals surface area contributed by atoms with Gasteiger partial charge in [-0.3, -0.25) is 4.98 Å². The first kappa shape index (κ1) is 16.8. The largest absolute Gasteiger partial charge is 0.387 e. The van der Waals surface area contributed by atoms with Gasteiger partial charge in [-0.05, 0) is 23.8 Å². The molecule has 0 spiro atoms. The Morgan fingerprint density at radius 3 is 2.55 bits per heavy atom. The lowest BCUT2D eigenvalue weighted by Gasteiger charge is -2.20. The Hall–Kier alpha value is -1.54. The molecule has 0 radical (unpaired) electrons. The van der Waals surface area contributed by atoms with Crippen LogP contribution in [-0.2, 0) is 10.0 Å². The number of hydrogen-bond donors (Lipinski definition) is 1. The highest BCUT2D eigenvalue weighted by atomic mass is 35.5. The monoisotopic (exact) mass is 344 g/mol. The summed E-state index contributed by atoms with van der Waals surface area (Å²) < 4.78 is 38.6. The van der Waals surface area contributed by atoms with Crippen molar-refractivity contribution in [3.8, 4) is 0 Å². The topological polar surface area (TPSA) is 70.5 Å². The molecule has 0 aliphatic carbocycles. The van der Waals surface area contributed by atoms with Crippen molar-refractivity contribution in [2.24, 2.45) is 0 Å². The van der Waals surface area contributed by atoms with Gasteiger partial charge in [0.2, 0.25) is 10.0 Å². The van der Waals surface area contributed by atoms with Crippen molar-refractivity contribution in [1.29, 1.82) is 0 Å². The molecule has 1 N–H and O–H groups in total. The molecule has 1 atom stereocenters. The number of hydrogen-bond acceptors (Lipinski definition) is 4. The fourth-order valence-corrected chi connectivity index (χ4v) is 3.25. The second-order valence-corrected chi connectivity index (χ2v) is 7.17. The third-order valence-electron chi connectivity index (χ3n) is 3.07. The first-order chi connectivity index (χ1) is 10.3. The number of halogens is 2. The minimum Gasteiger partial charge on any atom is -0.387 e. The van der Waals surface area contributed by atoms with Gasteiger partial charge in [0.25, 0.3) is 0 Å². The van der Waals surface area contributed by atoms with Crippen molar-refractivity contribution < 1.29 is 17.9 Å². The van der Waals surface area contributed by atoms with Gasteiger partial charge in [-0.25, -0.2) is 12.8 Å². The Morgan fingerprint density at radius 2 is 1.95 bits per heavy atom. The van der Waals surface area contributed by atoms with E-state index in [2.05, 4.69) is 4.98 Å². The van der Waals surface area contributed by atoms with E-state index in [1.54, 1.807) is 0 Å². The molecular weight excluding hydrogens is 331 g/mol. The van der Waals surface area contributed by atoms with Crippen molar-refractivity contribution in [3.05, 3.63) is 59.1 Å². The van der Waals surface area contributed by atoms with Crippen molar-refractivity contribution in [3.63, 3.8) is 0 Å². The fraction of sp³-hybridized carbons (Fsp3) is 0.214. The summed E-state index contributed by atoms with van der Waals surface area (Å²) in [7, 11) is -2.48. The van der Waals surface area contributed by atoms with Gasteiger partial charge < -0.3 is 5.11 Å². The van der Waals surface area contributed by atoms with E-state index in [4.69, 9.17) is 11.6 Å². The Labute approximate surface area is 133 Å². The highest BCUT2D eigenvalue weighted by molar-refractivity contribution is 7.89. The summed E-state index contributed by atoms with van der Waals surface area (Å²) in [4.78, 5) is 3.68. The quantitative estimate of drug-likeness (QED) is 0.903. The third-order valence-corrected chi connectivity index (χ3v) is 5.07. The van der Waals surface area contributed by atoms with Crippen LogP contribution in [0, 0.1) is 5.82 Å². The predicted molar refractivity (Wildman–Crippen MR) is 80.4 cm³/mol.